The van der Waals surface area contributed by atoms with E-state index in [4.69, 9.17) is 5.11 Å². The number of urea groups is 1. The number of carbonyl (C=O) groups is 1. The van der Waals surface area contributed by atoms with Gasteiger partial charge in [-0.05, 0) is 46.5 Å². The topological polar surface area (TPSA) is 52.6 Å². The third-order valence-corrected chi connectivity index (χ3v) is 3.94. The fraction of sp³-hybridized carbons (Fsp3) is 0.417. The van der Waals surface area contributed by atoms with Gasteiger partial charge in [0.25, 0.3) is 0 Å². The minimum Gasteiger partial charge on any atom is -0.396 e. The molecule has 0 spiro atoms. The molecule has 0 saturated heterocycles. The predicted molar refractivity (Wildman–Crippen MR) is 77.6 cm³/mol. The Morgan fingerprint density at radius 2 is 2.11 bits per heavy atom. The van der Waals surface area contributed by atoms with Crippen LogP contribution in [0.2, 0.25) is 0 Å². The van der Waals surface area contributed by atoms with Crippen LogP contribution < -0.4 is 5.32 Å². The fourth-order valence-electron chi connectivity index (χ4n) is 1.95. The van der Waals surface area contributed by atoms with E-state index in [9.17, 15) is 4.79 Å². The molecule has 1 aromatic carbocycles. The van der Waals surface area contributed by atoms with Gasteiger partial charge in [-0.15, -0.1) is 0 Å². The lowest BCUT2D eigenvalue weighted by Crippen LogP contribution is -2.39. The number of hydrogen-bond acceptors (Lipinski definition) is 2. The van der Waals surface area contributed by atoms with Gasteiger partial charge in [-0.25, -0.2) is 4.79 Å². The number of nitrogens with one attached hydrogen (secondary N) is 1. The van der Waals surface area contributed by atoms with Crippen LogP contribution in [0.1, 0.15) is 18.4 Å². The lowest BCUT2D eigenvalue weighted by Gasteiger charge is -2.30. The Labute approximate surface area is 123 Å². The first-order valence-corrected chi connectivity index (χ1v) is 7.35. The molecule has 1 aromatic rings. The van der Waals surface area contributed by atoms with Gasteiger partial charge in [0.1, 0.15) is 0 Å². The van der Waals surface area contributed by atoms with Crippen LogP contribution in [-0.2, 0) is 6.54 Å². The quantitative estimate of drug-likeness (QED) is 0.790. The number of anilines is 1. The number of benzene rings is 1. The van der Waals surface area contributed by atoms with Crippen LogP contribution in [-0.4, -0.2) is 29.2 Å². The molecule has 0 aromatic heterocycles. The number of carbonyl (C=O) groups excluding carboxylic acids is 1. The van der Waals surface area contributed by atoms with E-state index in [0.29, 0.717) is 13.1 Å². The van der Waals surface area contributed by atoms with Gasteiger partial charge >= 0.3 is 6.03 Å². The van der Waals surface area contributed by atoms with E-state index in [-0.39, 0.29) is 12.6 Å². The van der Waals surface area contributed by atoms with E-state index in [1.165, 1.54) is 0 Å². The molecule has 4 nitrogen and oxygen atoms in total. The molecule has 0 atom stereocenters. The van der Waals surface area contributed by atoms with Crippen LogP contribution >= 0.6 is 31.9 Å². The molecule has 0 radical (unpaired) electrons. The van der Waals surface area contributed by atoms with Gasteiger partial charge in [0.15, 0.2) is 0 Å². The summed E-state index contributed by atoms with van der Waals surface area (Å²) in [4.78, 5) is 13.7. The molecule has 0 bridgehead atoms. The van der Waals surface area contributed by atoms with Gasteiger partial charge in [0.05, 0.1) is 5.69 Å². The summed E-state index contributed by atoms with van der Waals surface area (Å²) in [6.45, 7) is 1.43. The number of aliphatic hydroxyl groups is 1. The zero-order valence-corrected chi connectivity index (χ0v) is 12.9. The average Bonchev–Trinajstić information content (AvgIpc) is 2.31. The Hall–Kier alpha value is -0.590. The van der Waals surface area contributed by atoms with Crippen molar-refractivity contribution in [2.24, 2.45) is 0 Å². The molecule has 0 aliphatic carbocycles. The van der Waals surface area contributed by atoms with E-state index in [0.717, 1.165) is 33.0 Å². The predicted octanol–water partition coefficient (Wildman–Crippen LogP) is 3.33. The molecule has 1 heterocycles. The maximum atomic E-state index is 11.9. The Morgan fingerprint density at radius 1 is 1.33 bits per heavy atom. The van der Waals surface area contributed by atoms with Crippen molar-refractivity contribution in [1.29, 1.82) is 0 Å². The van der Waals surface area contributed by atoms with Crippen LogP contribution in [0.4, 0.5) is 10.5 Å². The number of unbranched alkanes of at least 4 members (excludes halogenated alkanes) is 1. The number of nitrogens with zero attached hydrogens (tertiary/aromatic N) is 1. The van der Waals surface area contributed by atoms with Gasteiger partial charge in [-0.2, -0.15) is 0 Å². The molecule has 0 unspecified atom stereocenters. The SMILES string of the molecule is O=C1Nc2c(Br)cc(Br)cc2CN1CCCCO. The van der Waals surface area contributed by atoms with Crippen LogP contribution in [0, 0.1) is 0 Å². The second-order valence-corrected chi connectivity index (χ2v) is 5.97. The first kappa shape index (κ1) is 13.8. The van der Waals surface area contributed by atoms with E-state index < -0.39 is 0 Å². The highest BCUT2D eigenvalue weighted by Gasteiger charge is 2.23. The van der Waals surface area contributed by atoms with E-state index in [1.807, 2.05) is 12.1 Å². The molecule has 98 valence electrons. The first-order valence-electron chi connectivity index (χ1n) is 5.76. The zero-order valence-electron chi connectivity index (χ0n) is 9.75. The highest BCUT2D eigenvalue weighted by Crippen LogP contribution is 2.34. The van der Waals surface area contributed by atoms with Crippen LogP contribution in [0.15, 0.2) is 21.1 Å². The molecule has 0 fully saturated rings. The Bertz CT molecular complexity index is 466. The zero-order chi connectivity index (χ0) is 13.1. The summed E-state index contributed by atoms with van der Waals surface area (Å²) < 4.78 is 1.87. The van der Waals surface area contributed by atoms with E-state index in [2.05, 4.69) is 37.2 Å². The molecule has 2 amide bonds. The molecular formula is C12H14Br2N2O2. The second kappa shape index (κ2) is 6.04. The number of rotatable bonds is 4. The van der Waals surface area contributed by atoms with Gasteiger partial charge < -0.3 is 15.3 Å². The molecule has 0 saturated carbocycles. The van der Waals surface area contributed by atoms with Crippen molar-refractivity contribution in [2.75, 3.05) is 18.5 Å². The van der Waals surface area contributed by atoms with Crippen molar-refractivity contribution in [3.8, 4) is 0 Å². The Balaban J connectivity index is 2.14. The average molecular weight is 378 g/mol. The number of hydrogen-bond donors (Lipinski definition) is 2. The van der Waals surface area contributed by atoms with Crippen molar-refractivity contribution in [2.45, 2.75) is 19.4 Å². The smallest absolute Gasteiger partial charge is 0.322 e. The highest BCUT2D eigenvalue weighted by atomic mass is 79.9. The molecular weight excluding hydrogens is 364 g/mol. The van der Waals surface area contributed by atoms with Crippen LogP contribution in [0.5, 0.6) is 0 Å². The summed E-state index contributed by atoms with van der Waals surface area (Å²) in [5, 5.41) is 11.6. The van der Waals surface area contributed by atoms with Gasteiger partial charge in [0, 0.05) is 28.6 Å². The molecule has 1 aliphatic rings. The summed E-state index contributed by atoms with van der Waals surface area (Å²) in [5.74, 6) is 0. The standard InChI is InChI=1S/C12H14Br2N2O2/c13-9-5-8-7-16(3-1-2-4-17)12(18)15-11(8)10(14)6-9/h5-6,17H,1-4,7H2,(H,15,18). The normalized spacial score (nSPS) is 14.4. The summed E-state index contributed by atoms with van der Waals surface area (Å²) in [6, 6.07) is 3.85. The van der Waals surface area contributed by atoms with Crippen molar-refractivity contribution >= 4 is 43.6 Å². The van der Waals surface area contributed by atoms with Crippen molar-refractivity contribution < 1.29 is 9.90 Å². The lowest BCUT2D eigenvalue weighted by molar-refractivity contribution is 0.201. The minimum atomic E-state index is -0.0801. The minimum absolute atomic E-state index is 0.0801. The van der Waals surface area contributed by atoms with Gasteiger partial charge in [-0.1, -0.05) is 15.9 Å². The number of fused-ring (bicyclic) bond motifs is 1. The summed E-state index contributed by atoms with van der Waals surface area (Å²) in [5.41, 5.74) is 1.93. The van der Waals surface area contributed by atoms with Gasteiger partial charge in [-0.3, -0.25) is 0 Å². The number of halogens is 2. The summed E-state index contributed by atoms with van der Waals surface area (Å²) in [6.07, 6.45) is 1.53. The maximum Gasteiger partial charge on any atom is 0.322 e. The number of aliphatic hydroxyl groups excluding tert-OH is 1. The molecule has 6 heteroatoms. The third kappa shape index (κ3) is 3.05. The van der Waals surface area contributed by atoms with Gasteiger partial charge in [0.2, 0.25) is 0 Å². The summed E-state index contributed by atoms with van der Waals surface area (Å²) >= 11 is 6.89. The molecule has 2 N–H and O–H groups in total. The lowest BCUT2D eigenvalue weighted by atomic mass is 10.1. The van der Waals surface area contributed by atoms with Crippen LogP contribution in [0.3, 0.4) is 0 Å². The van der Waals surface area contributed by atoms with Crippen molar-refractivity contribution in [3.05, 3.63) is 26.6 Å². The number of amides is 2. The van der Waals surface area contributed by atoms with Crippen molar-refractivity contribution in [3.63, 3.8) is 0 Å². The second-order valence-electron chi connectivity index (χ2n) is 4.20. The molecule has 18 heavy (non-hydrogen) atoms. The van der Waals surface area contributed by atoms with E-state index in [1.54, 1.807) is 4.90 Å². The van der Waals surface area contributed by atoms with Crippen molar-refractivity contribution in [1.82, 2.24) is 4.90 Å². The Kier molecular flexibility index (Phi) is 4.64. The van der Waals surface area contributed by atoms with Crippen LogP contribution in [0.25, 0.3) is 0 Å². The Morgan fingerprint density at radius 3 is 2.83 bits per heavy atom. The largest absolute Gasteiger partial charge is 0.396 e. The first-order chi connectivity index (χ1) is 8.61. The van der Waals surface area contributed by atoms with E-state index >= 15 is 0 Å². The summed E-state index contributed by atoms with van der Waals surface area (Å²) in [7, 11) is 0. The highest BCUT2D eigenvalue weighted by molar-refractivity contribution is 9.11. The maximum absolute atomic E-state index is 11.9. The monoisotopic (exact) mass is 376 g/mol. The fourth-order valence-corrected chi connectivity index (χ4v) is 3.36. The molecule has 2 rings (SSSR count). The molecule has 1 aliphatic heterocycles. The third-order valence-electron chi connectivity index (χ3n) is 2.85.